The Balaban J connectivity index is 1.66. The number of rotatable bonds is 9. The van der Waals surface area contributed by atoms with Crippen LogP contribution < -0.4 is 15.4 Å². The molecule has 1 aliphatic rings. The first-order valence-electron chi connectivity index (χ1n) is 10.2. The van der Waals surface area contributed by atoms with Crippen molar-refractivity contribution in [2.24, 2.45) is 0 Å². The molecule has 2 N–H and O–H groups in total. The molecule has 1 heterocycles. The Kier molecular flexibility index (Phi) is 8.18. The van der Waals surface area contributed by atoms with Crippen LogP contribution >= 0.6 is 11.3 Å². The number of anilines is 1. The second-order valence-corrected chi connectivity index (χ2v) is 8.24. The number of aryl methyl sites for hydroxylation is 1. The molecule has 0 saturated heterocycles. The molecule has 0 bridgehead atoms. The second-order valence-electron chi connectivity index (χ2n) is 7.14. The number of esters is 1. The molecule has 8 nitrogen and oxygen atoms in total. The van der Waals surface area contributed by atoms with E-state index in [-0.39, 0.29) is 17.2 Å². The summed E-state index contributed by atoms with van der Waals surface area (Å²) in [6.07, 6.45) is 3.63. The van der Waals surface area contributed by atoms with Gasteiger partial charge in [-0.25, -0.2) is 9.18 Å². The fourth-order valence-corrected chi connectivity index (χ4v) is 4.72. The molecular weight excluding hydrogens is 439 g/mol. The van der Waals surface area contributed by atoms with E-state index >= 15 is 0 Å². The zero-order valence-electron chi connectivity index (χ0n) is 17.9. The lowest BCUT2D eigenvalue weighted by Crippen LogP contribution is -2.29. The first kappa shape index (κ1) is 23.7. The van der Waals surface area contributed by atoms with E-state index in [1.807, 2.05) is 0 Å². The number of nitrogens with one attached hydrogen (secondary N) is 2. The second kappa shape index (κ2) is 11.1. The Morgan fingerprint density at radius 1 is 1.16 bits per heavy atom. The van der Waals surface area contributed by atoms with Gasteiger partial charge in [0.1, 0.15) is 5.00 Å². The fourth-order valence-electron chi connectivity index (χ4n) is 3.42. The highest BCUT2D eigenvalue weighted by molar-refractivity contribution is 7.17. The Morgan fingerprint density at radius 3 is 2.66 bits per heavy atom. The van der Waals surface area contributed by atoms with Crippen LogP contribution in [-0.2, 0) is 27.1 Å². The number of carbonyl (C=O) groups excluding carboxylic acids is 3. The number of hydrogen-bond donors (Lipinski definition) is 2. The van der Waals surface area contributed by atoms with Gasteiger partial charge in [0.2, 0.25) is 0 Å². The van der Waals surface area contributed by atoms with E-state index in [1.54, 1.807) is 7.11 Å². The number of carbonyl (C=O) groups is 3. The lowest BCUT2D eigenvalue weighted by molar-refractivity contribution is -0.119. The van der Waals surface area contributed by atoms with Crippen molar-refractivity contribution >= 4 is 34.1 Å². The topological polar surface area (TPSA) is 103 Å². The van der Waals surface area contributed by atoms with Gasteiger partial charge in [-0.2, -0.15) is 0 Å². The third kappa shape index (κ3) is 5.63. The predicted molar refractivity (Wildman–Crippen MR) is 117 cm³/mol. The van der Waals surface area contributed by atoms with Gasteiger partial charge in [0.25, 0.3) is 11.8 Å². The largest absolute Gasteiger partial charge is 0.494 e. The monoisotopic (exact) mass is 464 g/mol. The summed E-state index contributed by atoms with van der Waals surface area (Å²) in [7, 11) is 2.86. The van der Waals surface area contributed by atoms with Crippen LogP contribution in [0.15, 0.2) is 18.2 Å². The van der Waals surface area contributed by atoms with Gasteiger partial charge in [-0.1, -0.05) is 0 Å². The van der Waals surface area contributed by atoms with E-state index in [0.29, 0.717) is 23.7 Å². The molecule has 2 aromatic rings. The maximum Gasteiger partial charge on any atom is 0.338 e. The van der Waals surface area contributed by atoms with Gasteiger partial charge in [-0.05, 0) is 49.4 Å². The summed E-state index contributed by atoms with van der Waals surface area (Å²) in [6.45, 7) is 0.158. The minimum absolute atomic E-state index is 0.00254. The van der Waals surface area contributed by atoms with Crippen molar-refractivity contribution in [2.45, 2.75) is 25.7 Å². The smallest absolute Gasteiger partial charge is 0.338 e. The average molecular weight is 465 g/mol. The number of halogens is 1. The zero-order valence-corrected chi connectivity index (χ0v) is 18.7. The van der Waals surface area contributed by atoms with E-state index in [0.717, 1.165) is 42.2 Å². The van der Waals surface area contributed by atoms with Gasteiger partial charge in [-0.15, -0.1) is 11.3 Å². The highest BCUT2D eigenvalue weighted by atomic mass is 32.1. The third-order valence-electron chi connectivity index (χ3n) is 4.96. The van der Waals surface area contributed by atoms with Gasteiger partial charge in [-0.3, -0.25) is 9.59 Å². The molecule has 2 amide bonds. The molecule has 0 aliphatic heterocycles. The Morgan fingerprint density at radius 2 is 1.94 bits per heavy atom. The first-order chi connectivity index (χ1) is 15.4. The first-order valence-corrected chi connectivity index (χ1v) is 11.0. The third-order valence-corrected chi connectivity index (χ3v) is 6.17. The number of benzene rings is 1. The highest BCUT2D eigenvalue weighted by Gasteiger charge is 2.26. The zero-order chi connectivity index (χ0) is 23.1. The number of amides is 2. The van der Waals surface area contributed by atoms with E-state index in [1.165, 1.54) is 30.6 Å². The van der Waals surface area contributed by atoms with Crippen molar-refractivity contribution in [3.63, 3.8) is 0 Å². The Hall–Kier alpha value is -2.98. The maximum absolute atomic E-state index is 13.8. The number of ether oxygens (including phenoxy) is 3. The molecule has 1 aromatic carbocycles. The average Bonchev–Trinajstić information content (AvgIpc) is 3.15. The van der Waals surface area contributed by atoms with Crippen LogP contribution in [-0.4, -0.2) is 51.8 Å². The molecule has 10 heteroatoms. The van der Waals surface area contributed by atoms with Crippen LogP contribution in [0.3, 0.4) is 0 Å². The summed E-state index contributed by atoms with van der Waals surface area (Å²) in [5.41, 5.74) is 1.37. The summed E-state index contributed by atoms with van der Waals surface area (Å²) in [5.74, 6) is -2.42. The number of fused-ring (bicyclic) bond motifs is 1. The molecule has 172 valence electrons. The summed E-state index contributed by atoms with van der Waals surface area (Å²) in [5, 5.41) is 5.92. The standard InChI is InChI=1S/C22H25FN2O6S/c1-29-10-9-24-20(27)19-14-5-3-4-6-17(14)32-21(19)25-18(26)12-31-22(28)13-7-8-16(30-2)15(23)11-13/h7-8,11H,3-6,9-10,12H2,1-2H3,(H,24,27)(H,25,26). The number of hydrogen-bond acceptors (Lipinski definition) is 7. The van der Waals surface area contributed by atoms with Crippen molar-refractivity contribution < 1.29 is 33.0 Å². The molecule has 3 rings (SSSR count). The van der Waals surface area contributed by atoms with Crippen LogP contribution in [0, 0.1) is 5.82 Å². The van der Waals surface area contributed by atoms with Crippen LogP contribution in [0.1, 0.15) is 44.0 Å². The van der Waals surface area contributed by atoms with Crippen molar-refractivity contribution in [3.05, 3.63) is 45.6 Å². The molecule has 0 spiro atoms. The quantitative estimate of drug-likeness (QED) is 0.437. The summed E-state index contributed by atoms with van der Waals surface area (Å²) < 4.78 is 28.6. The van der Waals surface area contributed by atoms with Gasteiger partial charge >= 0.3 is 5.97 Å². The van der Waals surface area contributed by atoms with Crippen LogP contribution in [0.2, 0.25) is 0 Å². The van der Waals surface area contributed by atoms with Gasteiger partial charge in [0, 0.05) is 18.5 Å². The van der Waals surface area contributed by atoms with Crippen molar-refractivity contribution in [2.75, 3.05) is 39.3 Å². The van der Waals surface area contributed by atoms with E-state index < -0.39 is 24.3 Å². The van der Waals surface area contributed by atoms with Crippen LogP contribution in [0.5, 0.6) is 5.75 Å². The van der Waals surface area contributed by atoms with Crippen LogP contribution in [0.25, 0.3) is 0 Å². The van der Waals surface area contributed by atoms with Gasteiger partial charge < -0.3 is 24.8 Å². The SMILES string of the molecule is COCCNC(=O)c1c(NC(=O)COC(=O)c2ccc(OC)c(F)c2)sc2c1CCCC2. The van der Waals surface area contributed by atoms with Gasteiger partial charge in [0.15, 0.2) is 18.2 Å². The minimum atomic E-state index is -0.843. The normalized spacial score (nSPS) is 12.6. The number of thiophene rings is 1. The van der Waals surface area contributed by atoms with Gasteiger partial charge in [0.05, 0.1) is 24.8 Å². The molecule has 0 saturated carbocycles. The van der Waals surface area contributed by atoms with Crippen molar-refractivity contribution in [1.29, 1.82) is 0 Å². The van der Waals surface area contributed by atoms with Crippen LogP contribution in [0.4, 0.5) is 9.39 Å². The summed E-state index contributed by atoms with van der Waals surface area (Å²) in [4.78, 5) is 38.4. The minimum Gasteiger partial charge on any atom is -0.494 e. The highest BCUT2D eigenvalue weighted by Crippen LogP contribution is 2.38. The fraction of sp³-hybridized carbons (Fsp3) is 0.409. The molecule has 1 aromatic heterocycles. The van der Waals surface area contributed by atoms with Crippen molar-refractivity contribution in [3.8, 4) is 5.75 Å². The number of methoxy groups -OCH3 is 2. The van der Waals surface area contributed by atoms with E-state index in [2.05, 4.69) is 10.6 Å². The molecule has 0 radical (unpaired) electrons. The molecular formula is C22H25FN2O6S. The molecule has 0 atom stereocenters. The van der Waals surface area contributed by atoms with Crippen molar-refractivity contribution in [1.82, 2.24) is 5.32 Å². The molecule has 1 aliphatic carbocycles. The van der Waals surface area contributed by atoms with E-state index in [9.17, 15) is 18.8 Å². The summed E-state index contributed by atoms with van der Waals surface area (Å²) >= 11 is 1.37. The lowest BCUT2D eigenvalue weighted by atomic mass is 9.95. The Labute approximate surface area is 189 Å². The predicted octanol–water partition coefficient (Wildman–Crippen LogP) is 2.95. The summed E-state index contributed by atoms with van der Waals surface area (Å²) in [6, 6.07) is 3.63. The molecule has 0 unspecified atom stereocenters. The lowest BCUT2D eigenvalue weighted by Gasteiger charge is -2.13. The maximum atomic E-state index is 13.8. The van der Waals surface area contributed by atoms with E-state index in [4.69, 9.17) is 14.2 Å². The Bertz CT molecular complexity index is 1010. The molecule has 32 heavy (non-hydrogen) atoms. The molecule has 0 fully saturated rings.